The van der Waals surface area contributed by atoms with Crippen LogP contribution >= 0.6 is 0 Å². The Morgan fingerprint density at radius 1 is 0.429 bits per heavy atom. The van der Waals surface area contributed by atoms with Gasteiger partial charge in [0.1, 0.15) is 11.5 Å². The van der Waals surface area contributed by atoms with Gasteiger partial charge in [-0.3, -0.25) is 0 Å². The highest BCUT2D eigenvalue weighted by Crippen LogP contribution is 2.48. The van der Waals surface area contributed by atoms with E-state index in [0.717, 1.165) is 56.4 Å². The number of phenols is 2. The highest BCUT2D eigenvalue weighted by atomic mass is 16.3. The predicted molar refractivity (Wildman–Crippen MR) is 203 cm³/mol. The van der Waals surface area contributed by atoms with E-state index in [2.05, 4.69) is 144 Å². The Balaban J connectivity index is 1.08. The van der Waals surface area contributed by atoms with Crippen molar-refractivity contribution < 1.29 is 10.2 Å². The molecule has 0 saturated carbocycles. The minimum atomic E-state index is 0.259. The molecule has 6 nitrogen and oxygen atoms in total. The molecule has 2 heterocycles. The van der Waals surface area contributed by atoms with Crippen LogP contribution in [-0.4, -0.2) is 30.2 Å². The smallest absolute Gasteiger partial charge is 0.139 e. The third-order valence-electron chi connectivity index (χ3n) is 10.1. The van der Waals surface area contributed by atoms with E-state index in [-0.39, 0.29) is 11.5 Å². The lowest BCUT2D eigenvalue weighted by Crippen LogP contribution is -2.40. The number of aromatic hydroxyl groups is 2. The molecule has 244 valence electrons. The van der Waals surface area contributed by atoms with E-state index >= 15 is 0 Å². The molecule has 2 aliphatic rings. The zero-order valence-electron chi connectivity index (χ0n) is 28.4. The highest BCUT2D eigenvalue weighted by Gasteiger charge is 2.34. The first-order valence-corrected chi connectivity index (χ1v) is 16.8. The summed E-state index contributed by atoms with van der Waals surface area (Å²) < 4.78 is 0. The number of anilines is 6. The standard InChI is InChI=1S/C43H40N4O2/c1-28-11-9-12-29(2)42(28)32-19-21-38(40(48)23-32)46-26-44(34-15-5-7-17-36(34)46)25-45-27-47(37-18-8-6-16-35(37)45)39-22-20-33(24-41(39)49)43-30(3)13-10-14-31(43)4/h5-24,48-49H,25-27H2,1-4H3. The van der Waals surface area contributed by atoms with Crippen LogP contribution in [0.5, 0.6) is 11.5 Å². The fourth-order valence-electron chi connectivity index (χ4n) is 7.78. The van der Waals surface area contributed by atoms with E-state index in [1.807, 2.05) is 24.3 Å². The molecule has 0 bridgehead atoms. The summed E-state index contributed by atoms with van der Waals surface area (Å²) in [5.41, 5.74) is 15.0. The van der Waals surface area contributed by atoms with Crippen LogP contribution < -0.4 is 19.6 Å². The topological polar surface area (TPSA) is 53.4 Å². The molecule has 6 aromatic carbocycles. The van der Waals surface area contributed by atoms with Gasteiger partial charge in [0.05, 0.1) is 54.1 Å². The monoisotopic (exact) mass is 644 g/mol. The lowest BCUT2D eigenvalue weighted by atomic mass is 9.95. The average molecular weight is 645 g/mol. The highest BCUT2D eigenvalue weighted by molar-refractivity contribution is 5.88. The molecule has 2 aliphatic heterocycles. The van der Waals surface area contributed by atoms with Gasteiger partial charge in [-0.1, -0.05) is 72.8 Å². The second-order valence-electron chi connectivity index (χ2n) is 13.3. The van der Waals surface area contributed by atoms with Crippen LogP contribution in [0.3, 0.4) is 0 Å². The number of benzene rings is 6. The van der Waals surface area contributed by atoms with Gasteiger partial charge in [0, 0.05) is 0 Å². The van der Waals surface area contributed by atoms with E-state index in [4.69, 9.17) is 0 Å². The quantitative estimate of drug-likeness (QED) is 0.188. The molecule has 6 aromatic rings. The number of nitrogens with zero attached hydrogens (tertiary/aromatic N) is 4. The van der Waals surface area contributed by atoms with Crippen molar-refractivity contribution in [2.24, 2.45) is 0 Å². The van der Waals surface area contributed by atoms with Crippen LogP contribution in [0.4, 0.5) is 34.1 Å². The Morgan fingerprint density at radius 3 is 1.16 bits per heavy atom. The third-order valence-corrected chi connectivity index (χ3v) is 10.1. The summed E-state index contributed by atoms with van der Waals surface area (Å²) in [5.74, 6) is 0.517. The van der Waals surface area contributed by atoms with Gasteiger partial charge in [-0.2, -0.15) is 0 Å². The average Bonchev–Trinajstić information content (AvgIpc) is 3.63. The van der Waals surface area contributed by atoms with Crippen LogP contribution in [0.2, 0.25) is 0 Å². The summed E-state index contributed by atoms with van der Waals surface area (Å²) in [7, 11) is 0. The van der Waals surface area contributed by atoms with Gasteiger partial charge < -0.3 is 29.8 Å². The molecule has 6 heteroatoms. The van der Waals surface area contributed by atoms with E-state index < -0.39 is 0 Å². The number of rotatable bonds is 6. The largest absolute Gasteiger partial charge is 0.506 e. The first kappa shape index (κ1) is 30.5. The summed E-state index contributed by atoms with van der Waals surface area (Å²) in [4.78, 5) is 9.07. The van der Waals surface area contributed by atoms with Crippen molar-refractivity contribution in [1.82, 2.24) is 0 Å². The molecule has 0 spiro atoms. The maximum absolute atomic E-state index is 11.4. The zero-order valence-corrected chi connectivity index (χ0v) is 28.4. The molecule has 0 aliphatic carbocycles. The van der Waals surface area contributed by atoms with Gasteiger partial charge in [-0.15, -0.1) is 0 Å². The van der Waals surface area contributed by atoms with Gasteiger partial charge >= 0.3 is 0 Å². The number of hydrogen-bond acceptors (Lipinski definition) is 6. The molecule has 0 radical (unpaired) electrons. The number of hydrogen-bond donors (Lipinski definition) is 2. The van der Waals surface area contributed by atoms with E-state index in [0.29, 0.717) is 20.0 Å². The number of fused-ring (bicyclic) bond motifs is 2. The van der Waals surface area contributed by atoms with Gasteiger partial charge in [-0.25, -0.2) is 0 Å². The summed E-state index contributed by atoms with van der Waals surface area (Å²) in [5, 5.41) is 22.9. The molecule has 0 saturated heterocycles. The summed E-state index contributed by atoms with van der Waals surface area (Å²) in [6, 6.07) is 41.5. The van der Waals surface area contributed by atoms with Gasteiger partial charge in [0.25, 0.3) is 0 Å². The molecule has 0 unspecified atom stereocenters. The van der Waals surface area contributed by atoms with Gasteiger partial charge in [0.2, 0.25) is 0 Å². The van der Waals surface area contributed by atoms with E-state index in [1.54, 1.807) is 0 Å². The number of aryl methyl sites for hydroxylation is 4. The molecular weight excluding hydrogens is 604 g/mol. The lowest BCUT2D eigenvalue weighted by Gasteiger charge is -2.29. The molecule has 8 rings (SSSR count). The van der Waals surface area contributed by atoms with Crippen LogP contribution in [-0.2, 0) is 0 Å². The Bertz CT molecular complexity index is 2030. The van der Waals surface area contributed by atoms with Crippen LogP contribution in [0, 0.1) is 27.7 Å². The fraction of sp³-hybridized carbons (Fsp3) is 0.163. The zero-order chi connectivity index (χ0) is 33.8. The third kappa shape index (κ3) is 5.21. The van der Waals surface area contributed by atoms with Crippen molar-refractivity contribution in [3.63, 3.8) is 0 Å². The van der Waals surface area contributed by atoms with E-state index in [9.17, 15) is 10.2 Å². The Morgan fingerprint density at radius 2 is 0.796 bits per heavy atom. The molecular formula is C43H40N4O2. The molecule has 2 N–H and O–H groups in total. The van der Waals surface area contributed by atoms with Crippen LogP contribution in [0.25, 0.3) is 22.3 Å². The van der Waals surface area contributed by atoms with Crippen LogP contribution in [0.15, 0.2) is 121 Å². The summed E-state index contributed by atoms with van der Waals surface area (Å²) in [6.07, 6.45) is 0. The molecule has 0 fully saturated rings. The molecule has 0 amide bonds. The van der Waals surface area contributed by atoms with Crippen molar-refractivity contribution in [1.29, 1.82) is 0 Å². The molecule has 0 aromatic heterocycles. The molecule has 0 atom stereocenters. The van der Waals surface area contributed by atoms with Crippen molar-refractivity contribution in [2.45, 2.75) is 27.7 Å². The summed E-state index contributed by atoms with van der Waals surface area (Å²) >= 11 is 0. The first-order valence-electron chi connectivity index (χ1n) is 16.8. The number of phenolic OH excluding ortho intramolecular Hbond substituents is 2. The summed E-state index contributed by atoms with van der Waals surface area (Å²) in [6.45, 7) is 10.3. The van der Waals surface area contributed by atoms with Crippen molar-refractivity contribution in [3.05, 3.63) is 144 Å². The normalized spacial score (nSPS) is 13.6. The predicted octanol–water partition coefficient (Wildman–Crippen LogP) is 10.2. The van der Waals surface area contributed by atoms with Gasteiger partial charge in [0.15, 0.2) is 0 Å². The molecule has 49 heavy (non-hydrogen) atoms. The second-order valence-corrected chi connectivity index (χ2v) is 13.3. The van der Waals surface area contributed by atoms with Crippen molar-refractivity contribution in [2.75, 3.05) is 39.6 Å². The van der Waals surface area contributed by atoms with E-state index in [1.165, 1.54) is 22.3 Å². The van der Waals surface area contributed by atoms with Crippen molar-refractivity contribution in [3.8, 4) is 33.8 Å². The van der Waals surface area contributed by atoms with Crippen molar-refractivity contribution >= 4 is 34.1 Å². The maximum atomic E-state index is 11.4. The Kier molecular flexibility index (Phi) is 7.44. The minimum absolute atomic E-state index is 0.259. The second kappa shape index (κ2) is 12.0. The Hall–Kier alpha value is -5.88. The number of para-hydroxylation sites is 4. The SMILES string of the molecule is Cc1cccc(C)c1-c1ccc(N2CN(CN3CN(c4ccc(-c5c(C)cccc5C)cc4O)c4ccccc43)c3ccccc32)c(O)c1. The first-order chi connectivity index (χ1) is 23.8. The lowest BCUT2D eigenvalue weighted by molar-refractivity contribution is 0.475. The Labute approximate surface area is 288 Å². The maximum Gasteiger partial charge on any atom is 0.139 e. The van der Waals surface area contributed by atoms with Gasteiger partial charge in [-0.05, 0) is 121 Å². The van der Waals surface area contributed by atoms with Crippen LogP contribution in [0.1, 0.15) is 22.3 Å². The fourth-order valence-corrected chi connectivity index (χ4v) is 7.78. The minimum Gasteiger partial charge on any atom is -0.506 e.